The highest BCUT2D eigenvalue weighted by atomic mass is 16.4. The van der Waals surface area contributed by atoms with Gasteiger partial charge in [-0.1, -0.05) is 0 Å². The zero-order chi connectivity index (χ0) is 9.72. The third-order valence-electron chi connectivity index (χ3n) is 0.756. The number of urea groups is 1. The van der Waals surface area contributed by atoms with Crippen molar-refractivity contribution in [3.8, 4) is 0 Å². The van der Waals surface area contributed by atoms with Crippen molar-refractivity contribution in [1.82, 2.24) is 5.32 Å². The maximum atomic E-state index is 10.2. The average molecular weight is 174 g/mol. The van der Waals surface area contributed by atoms with Gasteiger partial charge in [-0.15, -0.1) is 0 Å². The molecule has 0 bridgehead atoms. The van der Waals surface area contributed by atoms with Crippen LogP contribution in [0.15, 0.2) is 11.8 Å². The van der Waals surface area contributed by atoms with Gasteiger partial charge in [-0.3, -0.25) is 0 Å². The van der Waals surface area contributed by atoms with Crippen molar-refractivity contribution in [2.75, 3.05) is 0 Å². The summed E-state index contributed by atoms with van der Waals surface area (Å²) in [6.07, 6.45) is 0.326. The fourth-order valence-corrected chi connectivity index (χ4v) is 0.407. The van der Waals surface area contributed by atoms with Crippen LogP contribution in [0.25, 0.3) is 0 Å². The standard InChI is InChI=1S/C5H6N2O5/c6-5(12)7-2(4(10)11)1-3(8)9/h1H,(H,8,9)(H,10,11)(H3,6,7,12)/b2-1+. The summed E-state index contributed by atoms with van der Waals surface area (Å²) in [7, 11) is 0. The molecule has 5 N–H and O–H groups in total. The monoisotopic (exact) mass is 174 g/mol. The Morgan fingerprint density at radius 2 is 1.75 bits per heavy atom. The molecule has 12 heavy (non-hydrogen) atoms. The zero-order valence-electron chi connectivity index (χ0n) is 5.77. The van der Waals surface area contributed by atoms with E-state index in [1.807, 2.05) is 0 Å². The number of primary amides is 1. The van der Waals surface area contributed by atoms with E-state index in [0.717, 1.165) is 0 Å². The van der Waals surface area contributed by atoms with Gasteiger partial charge < -0.3 is 21.3 Å². The Bertz CT molecular complexity index is 257. The van der Waals surface area contributed by atoms with E-state index in [1.54, 1.807) is 5.32 Å². The third-order valence-corrected chi connectivity index (χ3v) is 0.756. The van der Waals surface area contributed by atoms with Crippen LogP contribution in [0.4, 0.5) is 4.79 Å². The van der Waals surface area contributed by atoms with Crippen LogP contribution in [0.3, 0.4) is 0 Å². The molecular weight excluding hydrogens is 168 g/mol. The second kappa shape index (κ2) is 3.96. The molecule has 0 heterocycles. The van der Waals surface area contributed by atoms with Crippen molar-refractivity contribution in [3.05, 3.63) is 11.8 Å². The van der Waals surface area contributed by atoms with Crippen molar-refractivity contribution in [2.45, 2.75) is 0 Å². The Morgan fingerprint density at radius 1 is 1.25 bits per heavy atom. The second-order valence-corrected chi connectivity index (χ2v) is 1.69. The molecule has 0 aliphatic heterocycles. The number of carbonyl (C=O) groups is 3. The Morgan fingerprint density at radius 3 is 2.00 bits per heavy atom. The Labute approximate surface area is 66.5 Å². The lowest BCUT2D eigenvalue weighted by atomic mass is 10.4. The Hall–Kier alpha value is -2.05. The predicted octanol–water partition coefficient (Wildman–Crippen LogP) is -1.29. The maximum absolute atomic E-state index is 10.2. The summed E-state index contributed by atoms with van der Waals surface area (Å²) >= 11 is 0. The first-order valence-electron chi connectivity index (χ1n) is 2.68. The normalized spacial score (nSPS) is 10.5. The number of hydrogen-bond acceptors (Lipinski definition) is 3. The van der Waals surface area contributed by atoms with Gasteiger partial charge >= 0.3 is 18.0 Å². The Balaban J connectivity index is 4.55. The number of hydrogen-bond donors (Lipinski definition) is 4. The van der Waals surface area contributed by atoms with E-state index in [1.165, 1.54) is 0 Å². The quantitative estimate of drug-likeness (QED) is 0.395. The summed E-state index contributed by atoms with van der Waals surface area (Å²) in [6.45, 7) is 0. The maximum Gasteiger partial charge on any atom is 0.352 e. The van der Waals surface area contributed by atoms with Gasteiger partial charge in [-0.2, -0.15) is 0 Å². The van der Waals surface area contributed by atoms with E-state index in [4.69, 9.17) is 10.2 Å². The molecule has 0 saturated carbocycles. The first-order valence-corrected chi connectivity index (χ1v) is 2.68. The molecule has 0 saturated heterocycles. The molecular formula is C5H6N2O5. The first kappa shape index (κ1) is 9.95. The van der Waals surface area contributed by atoms with Crippen LogP contribution in [0, 0.1) is 0 Å². The molecule has 7 nitrogen and oxygen atoms in total. The van der Waals surface area contributed by atoms with Crippen LogP contribution < -0.4 is 11.1 Å². The average Bonchev–Trinajstić information content (AvgIpc) is 1.83. The Kier molecular flexibility index (Phi) is 3.28. The molecule has 0 aromatic heterocycles. The van der Waals surface area contributed by atoms with E-state index in [2.05, 4.69) is 5.73 Å². The summed E-state index contributed by atoms with van der Waals surface area (Å²) in [4.78, 5) is 30.2. The summed E-state index contributed by atoms with van der Waals surface area (Å²) in [5, 5.41) is 18.0. The second-order valence-electron chi connectivity index (χ2n) is 1.69. The highest BCUT2D eigenvalue weighted by molar-refractivity contribution is 5.97. The molecule has 66 valence electrons. The van der Waals surface area contributed by atoms with E-state index >= 15 is 0 Å². The number of carbonyl (C=O) groups excluding carboxylic acids is 1. The molecule has 0 fully saturated rings. The topological polar surface area (TPSA) is 130 Å². The first-order chi connectivity index (χ1) is 5.43. The van der Waals surface area contributed by atoms with Gasteiger partial charge in [0.1, 0.15) is 5.70 Å². The highest BCUT2D eigenvalue weighted by Crippen LogP contribution is 1.88. The molecule has 0 radical (unpaired) electrons. The molecule has 0 aromatic carbocycles. The SMILES string of the molecule is NC(=O)N/C(=C/C(=O)O)C(=O)O. The number of amides is 2. The molecule has 0 aromatic rings. The summed E-state index contributed by atoms with van der Waals surface area (Å²) < 4.78 is 0. The number of rotatable bonds is 3. The van der Waals surface area contributed by atoms with Gasteiger partial charge in [0.15, 0.2) is 0 Å². The molecule has 0 atom stereocenters. The van der Waals surface area contributed by atoms with Crippen molar-refractivity contribution in [2.24, 2.45) is 5.73 Å². The van der Waals surface area contributed by atoms with Crippen LogP contribution >= 0.6 is 0 Å². The summed E-state index contributed by atoms with van der Waals surface area (Å²) in [5.74, 6) is -3.06. The van der Waals surface area contributed by atoms with Gasteiger partial charge in [0.2, 0.25) is 0 Å². The fraction of sp³-hybridized carbons (Fsp3) is 0. The van der Waals surface area contributed by atoms with Crippen molar-refractivity contribution >= 4 is 18.0 Å². The molecule has 0 aliphatic carbocycles. The largest absolute Gasteiger partial charge is 0.478 e. The van der Waals surface area contributed by atoms with Crippen molar-refractivity contribution < 1.29 is 24.6 Å². The number of carboxylic acid groups (broad SMARTS) is 2. The van der Waals surface area contributed by atoms with Gasteiger partial charge in [0, 0.05) is 0 Å². The fourth-order valence-electron chi connectivity index (χ4n) is 0.407. The van der Waals surface area contributed by atoms with Crippen LogP contribution in [0.5, 0.6) is 0 Å². The van der Waals surface area contributed by atoms with E-state index in [-0.39, 0.29) is 0 Å². The zero-order valence-corrected chi connectivity index (χ0v) is 5.77. The minimum Gasteiger partial charge on any atom is -0.478 e. The van der Waals surface area contributed by atoms with E-state index in [9.17, 15) is 14.4 Å². The van der Waals surface area contributed by atoms with Crippen LogP contribution in [-0.4, -0.2) is 28.2 Å². The smallest absolute Gasteiger partial charge is 0.352 e. The molecule has 0 spiro atoms. The van der Waals surface area contributed by atoms with E-state index < -0.39 is 23.7 Å². The number of carboxylic acids is 2. The highest BCUT2D eigenvalue weighted by Gasteiger charge is 2.10. The third kappa shape index (κ3) is 3.88. The number of nitrogens with one attached hydrogen (secondary N) is 1. The molecule has 0 unspecified atom stereocenters. The van der Waals surface area contributed by atoms with Gasteiger partial charge in [-0.25, -0.2) is 14.4 Å². The predicted molar refractivity (Wildman–Crippen MR) is 36.1 cm³/mol. The van der Waals surface area contributed by atoms with E-state index in [0.29, 0.717) is 6.08 Å². The lowest BCUT2D eigenvalue weighted by molar-refractivity contribution is -0.135. The number of aliphatic carboxylic acids is 2. The van der Waals surface area contributed by atoms with Crippen LogP contribution in [-0.2, 0) is 9.59 Å². The van der Waals surface area contributed by atoms with Gasteiger partial charge in [-0.05, 0) is 0 Å². The lowest BCUT2D eigenvalue weighted by Gasteiger charge is -1.99. The summed E-state index contributed by atoms with van der Waals surface area (Å²) in [5.41, 5.74) is 3.78. The molecule has 2 amide bonds. The molecule has 7 heteroatoms. The van der Waals surface area contributed by atoms with Crippen LogP contribution in [0.1, 0.15) is 0 Å². The molecule has 0 aliphatic rings. The lowest BCUT2D eigenvalue weighted by Crippen LogP contribution is -2.32. The minimum atomic E-state index is -1.57. The number of nitrogens with two attached hydrogens (primary N) is 1. The van der Waals surface area contributed by atoms with Crippen molar-refractivity contribution in [3.63, 3.8) is 0 Å². The van der Waals surface area contributed by atoms with Crippen LogP contribution in [0.2, 0.25) is 0 Å². The van der Waals surface area contributed by atoms with Crippen molar-refractivity contribution in [1.29, 1.82) is 0 Å². The molecule has 0 rings (SSSR count). The summed E-state index contributed by atoms with van der Waals surface area (Å²) in [6, 6.07) is -1.13. The van der Waals surface area contributed by atoms with Gasteiger partial charge in [0.05, 0.1) is 6.08 Å². The van der Waals surface area contributed by atoms with Gasteiger partial charge in [0.25, 0.3) is 0 Å². The minimum absolute atomic E-state index is 0.326.